The lowest BCUT2D eigenvalue weighted by Gasteiger charge is -2.41. The number of rotatable bonds is 5. The maximum Gasteiger partial charge on any atom is 0.255 e. The van der Waals surface area contributed by atoms with Crippen molar-refractivity contribution in [2.75, 3.05) is 5.32 Å². The van der Waals surface area contributed by atoms with Gasteiger partial charge in [-0.2, -0.15) is 0 Å². The molecule has 0 heterocycles. The largest absolute Gasteiger partial charge is 0.322 e. The molecule has 0 bridgehead atoms. The zero-order chi connectivity index (χ0) is 27.1. The molecule has 37 heavy (non-hydrogen) atoms. The van der Waals surface area contributed by atoms with Gasteiger partial charge in [0.05, 0.1) is 11.8 Å². The van der Waals surface area contributed by atoms with Crippen LogP contribution in [0.2, 0.25) is 5.02 Å². The van der Waals surface area contributed by atoms with E-state index in [1.54, 1.807) is 48.5 Å². The molecule has 0 aliphatic heterocycles. The molecule has 0 spiro atoms. The molecule has 6 nitrogen and oxygen atoms in total. The van der Waals surface area contributed by atoms with Crippen LogP contribution < -0.4 is 5.32 Å². The lowest BCUT2D eigenvalue weighted by molar-refractivity contribution is -0.145. The maximum absolute atomic E-state index is 13.4. The van der Waals surface area contributed by atoms with Gasteiger partial charge in [-0.1, -0.05) is 51.4 Å². The SMILES string of the molecule is CC1(C)CC(=O)C(C(c2cccc(NC(=O)c3ccc(Cl)cc3)c2)C2C(=O)CC(C)(C)CC2=O)C(=O)C1. The quantitative estimate of drug-likeness (QED) is 0.499. The minimum atomic E-state index is -1.07. The van der Waals surface area contributed by atoms with Crippen LogP contribution >= 0.6 is 11.6 Å². The Hall–Kier alpha value is -3.12. The average molecular weight is 522 g/mol. The van der Waals surface area contributed by atoms with Gasteiger partial charge in [0, 0.05) is 47.9 Å². The molecule has 7 heteroatoms. The van der Waals surface area contributed by atoms with Crippen LogP contribution in [0.25, 0.3) is 0 Å². The summed E-state index contributed by atoms with van der Waals surface area (Å²) in [5, 5.41) is 3.34. The number of nitrogens with one attached hydrogen (secondary N) is 1. The van der Waals surface area contributed by atoms with E-state index >= 15 is 0 Å². The summed E-state index contributed by atoms with van der Waals surface area (Å²) in [6.07, 6.45) is 0.808. The number of anilines is 1. The second-order valence-corrected chi connectivity index (χ2v) is 12.4. The molecule has 0 radical (unpaired) electrons. The zero-order valence-corrected chi connectivity index (χ0v) is 22.4. The molecule has 4 rings (SSSR count). The molecule has 2 aliphatic carbocycles. The number of benzene rings is 2. The first-order chi connectivity index (χ1) is 17.3. The van der Waals surface area contributed by atoms with Gasteiger partial charge in [-0.25, -0.2) is 0 Å². The summed E-state index contributed by atoms with van der Waals surface area (Å²) in [5.74, 6) is -4.38. The van der Waals surface area contributed by atoms with E-state index in [4.69, 9.17) is 11.6 Å². The molecule has 0 aromatic heterocycles. The lowest BCUT2D eigenvalue weighted by Crippen LogP contribution is -2.48. The fraction of sp³-hybridized carbons (Fsp3) is 0.433. The summed E-state index contributed by atoms with van der Waals surface area (Å²) in [7, 11) is 0. The summed E-state index contributed by atoms with van der Waals surface area (Å²) in [4.78, 5) is 66.3. The lowest BCUT2D eigenvalue weighted by atomic mass is 9.59. The van der Waals surface area contributed by atoms with E-state index in [0.717, 1.165) is 0 Å². The Bertz CT molecular complexity index is 1190. The van der Waals surface area contributed by atoms with Crippen LogP contribution in [0.1, 0.15) is 75.2 Å². The van der Waals surface area contributed by atoms with Crippen molar-refractivity contribution >= 4 is 46.3 Å². The maximum atomic E-state index is 13.4. The fourth-order valence-electron chi connectivity index (χ4n) is 5.82. The summed E-state index contributed by atoms with van der Waals surface area (Å²) in [5.41, 5.74) is 0.436. The second-order valence-electron chi connectivity index (χ2n) is 12.0. The van der Waals surface area contributed by atoms with Gasteiger partial charge in [-0.3, -0.25) is 24.0 Å². The standard InChI is InChI=1S/C30H32ClNO5/c1-29(2)13-21(33)26(22(34)14-29)25(27-23(35)15-30(3,4)16-24(27)36)18-6-5-7-20(12-18)32-28(37)17-8-10-19(31)11-9-17/h5-12,25-27H,13-16H2,1-4H3,(H,32,37). The van der Waals surface area contributed by atoms with Gasteiger partial charge < -0.3 is 5.32 Å². The van der Waals surface area contributed by atoms with E-state index in [1.807, 2.05) is 27.7 Å². The van der Waals surface area contributed by atoms with E-state index in [2.05, 4.69) is 5.32 Å². The highest BCUT2D eigenvalue weighted by Gasteiger charge is 2.52. The predicted octanol–water partition coefficient (Wildman–Crippen LogP) is 5.82. The van der Waals surface area contributed by atoms with Crippen molar-refractivity contribution in [3.05, 3.63) is 64.7 Å². The molecule has 1 amide bonds. The van der Waals surface area contributed by atoms with E-state index in [1.165, 1.54) is 0 Å². The first-order valence-corrected chi connectivity index (χ1v) is 12.9. The number of hydrogen-bond acceptors (Lipinski definition) is 5. The van der Waals surface area contributed by atoms with Crippen LogP contribution in [0.4, 0.5) is 5.69 Å². The number of ketones is 4. The molecule has 2 aromatic carbocycles. The van der Waals surface area contributed by atoms with Gasteiger partial charge in [-0.15, -0.1) is 0 Å². The Morgan fingerprint density at radius 1 is 0.784 bits per heavy atom. The highest BCUT2D eigenvalue weighted by molar-refractivity contribution is 6.30. The summed E-state index contributed by atoms with van der Waals surface area (Å²) in [6.45, 7) is 7.50. The third-order valence-electron chi connectivity index (χ3n) is 7.35. The number of carbonyl (C=O) groups excluding carboxylic acids is 5. The molecule has 1 N–H and O–H groups in total. The van der Waals surface area contributed by atoms with Gasteiger partial charge >= 0.3 is 0 Å². The minimum Gasteiger partial charge on any atom is -0.322 e. The highest BCUT2D eigenvalue weighted by Crippen LogP contribution is 2.47. The average Bonchev–Trinajstić information content (AvgIpc) is 2.76. The van der Waals surface area contributed by atoms with E-state index < -0.39 is 28.6 Å². The molecule has 2 aromatic rings. The van der Waals surface area contributed by atoms with Crippen molar-refractivity contribution in [1.29, 1.82) is 0 Å². The molecule has 2 fully saturated rings. The van der Waals surface area contributed by atoms with Gasteiger partial charge in [0.15, 0.2) is 0 Å². The number of Topliss-reactive ketones (excluding diaryl/α,β-unsaturated/α-hetero) is 4. The Balaban J connectivity index is 1.73. The molecule has 2 aliphatic rings. The van der Waals surface area contributed by atoms with Gasteiger partial charge in [-0.05, 0) is 52.8 Å². The molecule has 0 unspecified atom stereocenters. The van der Waals surface area contributed by atoms with E-state index in [-0.39, 0.29) is 54.7 Å². The molecule has 0 saturated heterocycles. The predicted molar refractivity (Wildman–Crippen MR) is 142 cm³/mol. The smallest absolute Gasteiger partial charge is 0.255 e. The molecule has 0 atom stereocenters. The van der Waals surface area contributed by atoms with Crippen LogP contribution in [0.5, 0.6) is 0 Å². The third-order valence-corrected chi connectivity index (χ3v) is 7.60. The van der Waals surface area contributed by atoms with Crippen LogP contribution in [-0.4, -0.2) is 29.0 Å². The number of halogens is 1. The minimum absolute atomic E-state index is 0.202. The van der Waals surface area contributed by atoms with Crippen molar-refractivity contribution in [3.8, 4) is 0 Å². The van der Waals surface area contributed by atoms with Gasteiger partial charge in [0.2, 0.25) is 0 Å². The summed E-state index contributed by atoms with van der Waals surface area (Å²) >= 11 is 5.92. The summed E-state index contributed by atoms with van der Waals surface area (Å²) < 4.78 is 0. The van der Waals surface area contributed by atoms with Crippen molar-refractivity contribution < 1.29 is 24.0 Å². The molecular weight excluding hydrogens is 490 g/mol. The first-order valence-electron chi connectivity index (χ1n) is 12.5. The summed E-state index contributed by atoms with van der Waals surface area (Å²) in [6, 6.07) is 13.2. The van der Waals surface area contributed by atoms with Gasteiger partial charge in [0.25, 0.3) is 5.91 Å². The van der Waals surface area contributed by atoms with Crippen molar-refractivity contribution in [1.82, 2.24) is 0 Å². The Kier molecular flexibility index (Phi) is 7.26. The Morgan fingerprint density at radius 2 is 1.24 bits per heavy atom. The Morgan fingerprint density at radius 3 is 1.70 bits per heavy atom. The van der Waals surface area contributed by atoms with Crippen LogP contribution in [0, 0.1) is 22.7 Å². The van der Waals surface area contributed by atoms with E-state index in [0.29, 0.717) is 21.8 Å². The normalized spacial score (nSPS) is 20.4. The van der Waals surface area contributed by atoms with Crippen molar-refractivity contribution in [2.24, 2.45) is 22.7 Å². The van der Waals surface area contributed by atoms with Crippen LogP contribution in [0.3, 0.4) is 0 Å². The molecule has 2 saturated carbocycles. The number of amides is 1. The van der Waals surface area contributed by atoms with Crippen LogP contribution in [-0.2, 0) is 19.2 Å². The highest BCUT2D eigenvalue weighted by atomic mass is 35.5. The zero-order valence-electron chi connectivity index (χ0n) is 21.6. The number of carbonyl (C=O) groups is 5. The molecule has 194 valence electrons. The Labute approximate surface area is 222 Å². The third kappa shape index (κ3) is 5.90. The topological polar surface area (TPSA) is 97.4 Å². The van der Waals surface area contributed by atoms with E-state index in [9.17, 15) is 24.0 Å². The monoisotopic (exact) mass is 521 g/mol. The fourth-order valence-corrected chi connectivity index (χ4v) is 5.94. The number of hydrogen-bond donors (Lipinski definition) is 1. The van der Waals surface area contributed by atoms with Gasteiger partial charge in [0.1, 0.15) is 23.1 Å². The van der Waals surface area contributed by atoms with Crippen molar-refractivity contribution in [3.63, 3.8) is 0 Å². The van der Waals surface area contributed by atoms with Crippen LogP contribution in [0.15, 0.2) is 48.5 Å². The second kappa shape index (κ2) is 9.97. The van der Waals surface area contributed by atoms with Crippen molar-refractivity contribution in [2.45, 2.75) is 59.3 Å². The first kappa shape index (κ1) is 26.9. The molecular formula is C30H32ClNO5.